The standard InChI is InChI=1S/C26H33ClN2O2/c1-26(2)16-24(31)28-25-21(26)14-20(15-22(25)27)23(30)10-12-29-11-6-9-19(17-29)13-18-7-4-3-5-8-18/h3-5,7-8,14-15,19,23,30H,6,9-13,16-17H2,1-2H3,(H,28,31)/t19-,23?/m1/s1. The van der Waals surface area contributed by atoms with E-state index in [1.165, 1.54) is 18.4 Å². The van der Waals surface area contributed by atoms with Crippen molar-refractivity contribution in [2.45, 2.75) is 57.5 Å². The van der Waals surface area contributed by atoms with Crippen molar-refractivity contribution in [1.82, 2.24) is 4.90 Å². The number of amides is 1. The number of carbonyl (C=O) groups is 1. The highest BCUT2D eigenvalue weighted by molar-refractivity contribution is 6.34. The Hall–Kier alpha value is -1.88. The maximum atomic E-state index is 12.0. The second-order valence-corrected chi connectivity index (χ2v) is 10.2. The van der Waals surface area contributed by atoms with Gasteiger partial charge in [-0.1, -0.05) is 61.8 Å². The number of halogens is 1. The molecule has 0 radical (unpaired) electrons. The van der Waals surface area contributed by atoms with Gasteiger partial charge in [0.05, 0.1) is 16.8 Å². The van der Waals surface area contributed by atoms with Gasteiger partial charge < -0.3 is 15.3 Å². The largest absolute Gasteiger partial charge is 0.388 e. The zero-order valence-corrected chi connectivity index (χ0v) is 19.3. The normalized spacial score (nSPS) is 21.9. The van der Waals surface area contributed by atoms with Gasteiger partial charge in [-0.3, -0.25) is 4.79 Å². The number of aliphatic hydroxyl groups excluding tert-OH is 1. The molecule has 1 amide bonds. The second-order valence-electron chi connectivity index (χ2n) is 9.84. The van der Waals surface area contributed by atoms with Crippen molar-refractivity contribution in [1.29, 1.82) is 0 Å². The summed E-state index contributed by atoms with van der Waals surface area (Å²) in [5.74, 6) is 0.666. The Kier molecular flexibility index (Phi) is 6.71. The summed E-state index contributed by atoms with van der Waals surface area (Å²) >= 11 is 6.49. The molecule has 2 aliphatic heterocycles. The third-order valence-electron chi connectivity index (χ3n) is 6.78. The number of nitrogens with one attached hydrogen (secondary N) is 1. The van der Waals surface area contributed by atoms with E-state index in [1.54, 1.807) is 6.07 Å². The summed E-state index contributed by atoms with van der Waals surface area (Å²) in [7, 11) is 0. The van der Waals surface area contributed by atoms with E-state index < -0.39 is 6.10 Å². The lowest BCUT2D eigenvalue weighted by Gasteiger charge is -2.34. The Balaban J connectivity index is 1.38. The van der Waals surface area contributed by atoms with Crippen LogP contribution in [0, 0.1) is 5.92 Å². The summed E-state index contributed by atoms with van der Waals surface area (Å²) < 4.78 is 0. The average molecular weight is 441 g/mol. The van der Waals surface area contributed by atoms with Gasteiger partial charge in [0.2, 0.25) is 5.91 Å². The molecular weight excluding hydrogens is 408 g/mol. The van der Waals surface area contributed by atoms with Crippen molar-refractivity contribution < 1.29 is 9.90 Å². The topological polar surface area (TPSA) is 52.6 Å². The molecule has 0 bridgehead atoms. The van der Waals surface area contributed by atoms with E-state index in [1.807, 2.05) is 6.07 Å². The lowest BCUT2D eigenvalue weighted by molar-refractivity contribution is -0.117. The van der Waals surface area contributed by atoms with Crippen LogP contribution in [0.1, 0.15) is 62.3 Å². The van der Waals surface area contributed by atoms with Crippen molar-refractivity contribution in [3.05, 3.63) is 64.2 Å². The van der Waals surface area contributed by atoms with Gasteiger partial charge in [-0.15, -0.1) is 0 Å². The van der Waals surface area contributed by atoms with Gasteiger partial charge in [-0.2, -0.15) is 0 Å². The zero-order chi connectivity index (χ0) is 22.0. The predicted molar refractivity (Wildman–Crippen MR) is 127 cm³/mol. The summed E-state index contributed by atoms with van der Waals surface area (Å²) in [6.07, 6.45) is 4.15. The van der Waals surface area contributed by atoms with Gasteiger partial charge in [-0.25, -0.2) is 0 Å². The molecule has 31 heavy (non-hydrogen) atoms. The van der Waals surface area contributed by atoms with Gasteiger partial charge in [0.15, 0.2) is 0 Å². The van der Waals surface area contributed by atoms with Crippen molar-refractivity contribution in [3.63, 3.8) is 0 Å². The van der Waals surface area contributed by atoms with Crippen LogP contribution in [-0.2, 0) is 16.6 Å². The molecule has 4 rings (SSSR count). The van der Waals surface area contributed by atoms with Crippen LogP contribution in [0.25, 0.3) is 0 Å². The molecule has 2 aromatic carbocycles. The fourth-order valence-corrected chi connectivity index (χ4v) is 5.38. The second kappa shape index (κ2) is 9.32. The maximum Gasteiger partial charge on any atom is 0.225 e. The Bertz CT molecular complexity index is 929. The maximum absolute atomic E-state index is 12.0. The van der Waals surface area contributed by atoms with Crippen LogP contribution in [0.2, 0.25) is 5.02 Å². The zero-order valence-electron chi connectivity index (χ0n) is 18.5. The summed E-state index contributed by atoms with van der Waals surface area (Å²) in [6, 6.07) is 14.6. The van der Waals surface area contributed by atoms with Crippen LogP contribution in [0.4, 0.5) is 5.69 Å². The van der Waals surface area contributed by atoms with Gasteiger partial charge in [0, 0.05) is 24.9 Å². The molecule has 4 nitrogen and oxygen atoms in total. The minimum absolute atomic E-state index is 0.0112. The lowest BCUT2D eigenvalue weighted by Crippen LogP contribution is -2.37. The van der Waals surface area contributed by atoms with Crippen LogP contribution in [0.3, 0.4) is 0 Å². The molecule has 2 atom stereocenters. The van der Waals surface area contributed by atoms with E-state index in [-0.39, 0.29) is 11.3 Å². The van der Waals surface area contributed by atoms with Gasteiger partial charge in [-0.05, 0) is 60.9 Å². The minimum Gasteiger partial charge on any atom is -0.388 e. The van der Waals surface area contributed by atoms with E-state index in [0.717, 1.165) is 37.2 Å². The van der Waals surface area contributed by atoms with Crippen molar-refractivity contribution in [3.8, 4) is 0 Å². The molecular formula is C26H33ClN2O2. The minimum atomic E-state index is -0.564. The summed E-state index contributed by atoms with van der Waals surface area (Å²) in [6.45, 7) is 7.17. The number of anilines is 1. The molecule has 0 aromatic heterocycles. The molecule has 1 fully saturated rings. The number of likely N-dealkylation sites (tertiary alicyclic amines) is 1. The third-order valence-corrected chi connectivity index (χ3v) is 7.08. The molecule has 5 heteroatoms. The number of carbonyl (C=O) groups excluding carboxylic acids is 1. The van der Waals surface area contributed by atoms with Crippen LogP contribution < -0.4 is 5.32 Å². The molecule has 2 heterocycles. The Morgan fingerprint density at radius 3 is 2.81 bits per heavy atom. The molecule has 2 aromatic rings. The van der Waals surface area contributed by atoms with Gasteiger partial charge >= 0.3 is 0 Å². The van der Waals surface area contributed by atoms with Crippen LogP contribution in [0.15, 0.2) is 42.5 Å². The molecule has 166 valence electrons. The first-order chi connectivity index (χ1) is 14.8. The van der Waals surface area contributed by atoms with Gasteiger partial charge in [0.25, 0.3) is 0 Å². The number of nitrogens with zero attached hydrogens (tertiary/aromatic N) is 1. The molecule has 1 saturated heterocycles. The highest BCUT2D eigenvalue weighted by atomic mass is 35.5. The predicted octanol–water partition coefficient (Wildman–Crippen LogP) is 5.34. The van der Waals surface area contributed by atoms with E-state index in [2.05, 4.69) is 54.4 Å². The van der Waals surface area contributed by atoms with E-state index in [9.17, 15) is 9.90 Å². The first-order valence-corrected chi connectivity index (χ1v) is 11.8. The first kappa shape index (κ1) is 22.3. The number of rotatable bonds is 6. The monoisotopic (exact) mass is 440 g/mol. The van der Waals surface area contributed by atoms with Crippen molar-refractivity contribution >= 4 is 23.2 Å². The van der Waals surface area contributed by atoms with Gasteiger partial charge in [0.1, 0.15) is 0 Å². The number of benzene rings is 2. The van der Waals surface area contributed by atoms with E-state index in [0.29, 0.717) is 29.5 Å². The number of aliphatic hydroxyl groups is 1. The molecule has 2 N–H and O–H groups in total. The highest BCUT2D eigenvalue weighted by Gasteiger charge is 2.34. The Labute approximate surface area is 190 Å². The third kappa shape index (κ3) is 5.31. The van der Waals surface area contributed by atoms with Crippen LogP contribution in [0.5, 0.6) is 0 Å². The lowest BCUT2D eigenvalue weighted by atomic mass is 9.77. The number of piperidine rings is 1. The smallest absolute Gasteiger partial charge is 0.225 e. The van der Waals surface area contributed by atoms with Crippen LogP contribution in [-0.4, -0.2) is 35.5 Å². The fraction of sp³-hybridized carbons (Fsp3) is 0.500. The number of fused-ring (bicyclic) bond motifs is 1. The first-order valence-electron chi connectivity index (χ1n) is 11.4. The number of hydrogen-bond donors (Lipinski definition) is 2. The summed E-state index contributed by atoms with van der Waals surface area (Å²) in [4.78, 5) is 14.5. The SMILES string of the molecule is CC1(C)CC(=O)Nc2c(Cl)cc(C(O)CCN3CCC[C@H](Cc4ccccc4)C3)cc21. The van der Waals surface area contributed by atoms with Crippen molar-refractivity contribution in [2.75, 3.05) is 25.0 Å². The Morgan fingerprint density at radius 2 is 2.03 bits per heavy atom. The summed E-state index contributed by atoms with van der Waals surface area (Å²) in [5, 5.41) is 14.3. The van der Waals surface area contributed by atoms with Crippen molar-refractivity contribution in [2.24, 2.45) is 5.92 Å². The van der Waals surface area contributed by atoms with E-state index >= 15 is 0 Å². The molecule has 2 aliphatic rings. The fourth-order valence-electron chi connectivity index (χ4n) is 5.10. The Morgan fingerprint density at radius 1 is 1.26 bits per heavy atom. The number of hydrogen-bond acceptors (Lipinski definition) is 3. The molecule has 0 aliphatic carbocycles. The molecule has 1 unspecified atom stereocenters. The average Bonchev–Trinajstić information content (AvgIpc) is 2.73. The highest BCUT2D eigenvalue weighted by Crippen LogP contribution is 2.42. The summed E-state index contributed by atoms with van der Waals surface area (Å²) in [5.41, 5.74) is 3.65. The quantitative estimate of drug-likeness (QED) is 0.637. The van der Waals surface area contributed by atoms with Crippen LogP contribution >= 0.6 is 11.6 Å². The van der Waals surface area contributed by atoms with E-state index in [4.69, 9.17) is 11.6 Å². The molecule has 0 spiro atoms. The molecule has 0 saturated carbocycles.